The molecule has 2 amide bonds. The van der Waals surface area contributed by atoms with Gasteiger partial charge >= 0.3 is 0 Å². The molecule has 1 saturated carbocycles. The zero-order valence-electron chi connectivity index (χ0n) is 9.66. The van der Waals surface area contributed by atoms with Gasteiger partial charge in [0.15, 0.2) is 0 Å². The molecular formula is C11H19N3O2. The maximum absolute atomic E-state index is 11.7. The van der Waals surface area contributed by atoms with E-state index in [1.165, 1.54) is 4.90 Å². The van der Waals surface area contributed by atoms with Gasteiger partial charge in [-0.25, -0.2) is 0 Å². The Hall–Kier alpha value is -1.10. The van der Waals surface area contributed by atoms with Crippen LogP contribution in [0.2, 0.25) is 0 Å². The number of rotatable bonds is 5. The van der Waals surface area contributed by atoms with E-state index in [0.717, 1.165) is 25.9 Å². The van der Waals surface area contributed by atoms with E-state index in [2.05, 4.69) is 10.6 Å². The summed E-state index contributed by atoms with van der Waals surface area (Å²) < 4.78 is 0. The molecule has 5 heteroatoms. The Morgan fingerprint density at radius 3 is 2.56 bits per heavy atom. The van der Waals surface area contributed by atoms with E-state index in [4.69, 9.17) is 0 Å². The fourth-order valence-corrected chi connectivity index (χ4v) is 1.70. The van der Waals surface area contributed by atoms with Crippen molar-refractivity contribution in [3.05, 3.63) is 0 Å². The number of nitrogens with zero attached hydrogens (tertiary/aromatic N) is 1. The quantitative estimate of drug-likeness (QED) is 0.652. The highest BCUT2D eigenvalue weighted by Crippen LogP contribution is 2.18. The summed E-state index contributed by atoms with van der Waals surface area (Å²) in [5.41, 5.74) is 0. The average molecular weight is 225 g/mol. The lowest BCUT2D eigenvalue weighted by Gasteiger charge is -2.28. The van der Waals surface area contributed by atoms with Gasteiger partial charge in [0.25, 0.3) is 0 Å². The molecule has 1 aliphatic heterocycles. The zero-order chi connectivity index (χ0) is 11.5. The van der Waals surface area contributed by atoms with Crippen molar-refractivity contribution in [3.63, 3.8) is 0 Å². The topological polar surface area (TPSA) is 61.4 Å². The summed E-state index contributed by atoms with van der Waals surface area (Å²) in [6.07, 6.45) is 2.72. The molecule has 0 aromatic carbocycles. The number of likely N-dealkylation sites (N-methyl/N-ethyl adjacent to an activating group) is 1. The molecule has 0 radical (unpaired) electrons. The molecule has 2 N–H and O–H groups in total. The normalized spacial score (nSPS) is 20.1. The van der Waals surface area contributed by atoms with Crippen LogP contribution in [0.1, 0.15) is 19.3 Å². The third-order valence-corrected chi connectivity index (χ3v) is 3.08. The van der Waals surface area contributed by atoms with Gasteiger partial charge in [0.1, 0.15) is 0 Å². The van der Waals surface area contributed by atoms with E-state index < -0.39 is 0 Å². The summed E-state index contributed by atoms with van der Waals surface area (Å²) >= 11 is 0. The zero-order valence-corrected chi connectivity index (χ0v) is 9.66. The van der Waals surface area contributed by atoms with Gasteiger partial charge in [-0.15, -0.1) is 0 Å². The van der Waals surface area contributed by atoms with E-state index in [1.54, 1.807) is 7.05 Å². The number of nitrogens with one attached hydrogen (secondary N) is 2. The largest absolute Gasteiger partial charge is 0.352 e. The van der Waals surface area contributed by atoms with Gasteiger partial charge in [-0.1, -0.05) is 0 Å². The van der Waals surface area contributed by atoms with Crippen molar-refractivity contribution in [3.8, 4) is 0 Å². The molecule has 0 aromatic rings. The van der Waals surface area contributed by atoms with Crippen molar-refractivity contribution in [2.75, 3.05) is 26.7 Å². The van der Waals surface area contributed by atoms with Gasteiger partial charge in [0.2, 0.25) is 11.8 Å². The Morgan fingerprint density at radius 1 is 1.38 bits per heavy atom. The first-order valence-electron chi connectivity index (χ1n) is 5.89. The molecule has 0 aromatic heterocycles. The lowest BCUT2D eigenvalue weighted by Crippen LogP contribution is -2.46. The van der Waals surface area contributed by atoms with Crippen LogP contribution in [-0.2, 0) is 9.59 Å². The van der Waals surface area contributed by atoms with Gasteiger partial charge in [0.05, 0.1) is 6.54 Å². The van der Waals surface area contributed by atoms with Crippen LogP contribution >= 0.6 is 0 Å². The van der Waals surface area contributed by atoms with Crippen LogP contribution in [0.5, 0.6) is 0 Å². The molecular weight excluding hydrogens is 206 g/mol. The highest BCUT2D eigenvalue weighted by Gasteiger charge is 2.26. The van der Waals surface area contributed by atoms with Crippen molar-refractivity contribution in [2.24, 2.45) is 5.92 Å². The van der Waals surface area contributed by atoms with Gasteiger partial charge in [0, 0.05) is 19.5 Å². The maximum atomic E-state index is 11.7. The van der Waals surface area contributed by atoms with E-state index in [1.807, 2.05) is 0 Å². The number of hydrogen-bond acceptors (Lipinski definition) is 3. The fourth-order valence-electron chi connectivity index (χ4n) is 1.70. The van der Waals surface area contributed by atoms with Crippen molar-refractivity contribution in [1.82, 2.24) is 15.5 Å². The summed E-state index contributed by atoms with van der Waals surface area (Å²) in [7, 11) is 1.70. The Bertz CT molecular complexity index is 285. The predicted molar refractivity (Wildman–Crippen MR) is 59.8 cm³/mol. The highest BCUT2D eigenvalue weighted by atomic mass is 16.2. The Labute approximate surface area is 95.6 Å². The summed E-state index contributed by atoms with van der Waals surface area (Å²) in [5.74, 6) is 0.490. The molecule has 2 aliphatic rings. The monoisotopic (exact) mass is 225 g/mol. The first-order valence-corrected chi connectivity index (χ1v) is 5.89. The molecule has 1 saturated heterocycles. The molecule has 5 nitrogen and oxygen atoms in total. The van der Waals surface area contributed by atoms with Crippen LogP contribution in [0.3, 0.4) is 0 Å². The molecule has 1 aliphatic carbocycles. The predicted octanol–water partition coefficient (Wildman–Crippen LogP) is -0.667. The fraction of sp³-hybridized carbons (Fsp3) is 0.818. The third-order valence-electron chi connectivity index (χ3n) is 3.08. The van der Waals surface area contributed by atoms with Gasteiger partial charge < -0.3 is 15.5 Å². The van der Waals surface area contributed by atoms with Crippen molar-refractivity contribution in [2.45, 2.75) is 25.3 Å². The number of carbonyl (C=O) groups excluding carboxylic acids is 2. The summed E-state index contributed by atoms with van der Waals surface area (Å²) in [5, 5.41) is 6.01. The van der Waals surface area contributed by atoms with E-state index in [9.17, 15) is 9.59 Å². The van der Waals surface area contributed by atoms with Crippen molar-refractivity contribution < 1.29 is 9.59 Å². The number of carbonyl (C=O) groups is 2. The molecule has 2 rings (SSSR count). The van der Waals surface area contributed by atoms with Crippen LogP contribution in [0, 0.1) is 5.92 Å². The van der Waals surface area contributed by atoms with E-state index in [-0.39, 0.29) is 18.4 Å². The lowest BCUT2D eigenvalue weighted by atomic mass is 9.99. The standard InChI is InChI=1S/C11H19N3O2/c1-14(7-10(15)13-9-2-3-9)11(16)4-8-5-12-6-8/h8-9,12H,2-7H2,1H3,(H,13,15). The average Bonchev–Trinajstić information content (AvgIpc) is 2.94. The molecule has 2 fully saturated rings. The molecule has 90 valence electrons. The second kappa shape index (κ2) is 4.82. The second-order valence-corrected chi connectivity index (χ2v) is 4.82. The van der Waals surface area contributed by atoms with Crippen LogP contribution in [0.4, 0.5) is 0 Å². The molecule has 0 unspecified atom stereocenters. The van der Waals surface area contributed by atoms with Gasteiger partial charge in [-0.2, -0.15) is 0 Å². The second-order valence-electron chi connectivity index (χ2n) is 4.82. The summed E-state index contributed by atoms with van der Waals surface area (Å²) in [6.45, 7) is 2.04. The lowest BCUT2D eigenvalue weighted by molar-refractivity contribution is -0.135. The smallest absolute Gasteiger partial charge is 0.239 e. The highest BCUT2D eigenvalue weighted by molar-refractivity contribution is 5.85. The molecule has 16 heavy (non-hydrogen) atoms. The Morgan fingerprint density at radius 2 is 2.06 bits per heavy atom. The molecule has 1 heterocycles. The van der Waals surface area contributed by atoms with Crippen molar-refractivity contribution in [1.29, 1.82) is 0 Å². The first-order chi connectivity index (χ1) is 7.65. The summed E-state index contributed by atoms with van der Waals surface area (Å²) in [4.78, 5) is 24.7. The summed E-state index contributed by atoms with van der Waals surface area (Å²) in [6, 6.07) is 0.367. The third kappa shape index (κ3) is 3.20. The molecule has 0 bridgehead atoms. The minimum atomic E-state index is -0.0370. The molecule has 0 spiro atoms. The minimum Gasteiger partial charge on any atom is -0.352 e. The van der Waals surface area contributed by atoms with E-state index in [0.29, 0.717) is 18.4 Å². The minimum absolute atomic E-state index is 0.0370. The van der Waals surface area contributed by atoms with Gasteiger partial charge in [-0.3, -0.25) is 9.59 Å². The number of hydrogen-bond donors (Lipinski definition) is 2. The van der Waals surface area contributed by atoms with Crippen LogP contribution in [0.15, 0.2) is 0 Å². The maximum Gasteiger partial charge on any atom is 0.239 e. The molecule has 0 atom stereocenters. The first kappa shape index (κ1) is 11.4. The number of amides is 2. The Kier molecular flexibility index (Phi) is 3.43. The van der Waals surface area contributed by atoms with Crippen LogP contribution in [-0.4, -0.2) is 49.4 Å². The van der Waals surface area contributed by atoms with Crippen molar-refractivity contribution >= 4 is 11.8 Å². The van der Waals surface area contributed by atoms with Gasteiger partial charge in [-0.05, 0) is 31.8 Å². The Balaban J connectivity index is 1.66. The van der Waals surface area contributed by atoms with E-state index >= 15 is 0 Å². The van der Waals surface area contributed by atoms with Crippen LogP contribution < -0.4 is 10.6 Å². The SMILES string of the molecule is CN(CC(=O)NC1CC1)C(=O)CC1CNC1. The van der Waals surface area contributed by atoms with Crippen LogP contribution in [0.25, 0.3) is 0 Å².